The molecule has 6 nitrogen and oxygen atoms in total. The van der Waals surface area contributed by atoms with Crippen LogP contribution in [0.5, 0.6) is 5.75 Å². The van der Waals surface area contributed by atoms with Crippen molar-refractivity contribution in [3.8, 4) is 5.75 Å². The van der Waals surface area contributed by atoms with Crippen molar-refractivity contribution in [2.24, 2.45) is 5.10 Å². The normalized spacial score (nSPS) is 16.0. The summed E-state index contributed by atoms with van der Waals surface area (Å²) < 4.78 is 43.2. The molecule has 0 saturated carbocycles. The molecule has 166 valence electrons. The Labute approximate surface area is 182 Å². The minimum atomic E-state index is -4.36. The number of nitrogens with zero attached hydrogens (tertiary/aromatic N) is 2. The number of rotatable bonds is 9. The average Bonchev–Trinajstić information content (AvgIpc) is 3.19. The lowest BCUT2D eigenvalue weighted by molar-refractivity contribution is -0.139. The van der Waals surface area contributed by atoms with Crippen molar-refractivity contribution in [2.75, 3.05) is 17.5 Å². The number of thioether (sulfide) groups is 1. The van der Waals surface area contributed by atoms with Crippen molar-refractivity contribution in [2.45, 2.75) is 36.9 Å². The first-order valence-electron chi connectivity index (χ1n) is 9.58. The van der Waals surface area contributed by atoms with Gasteiger partial charge in [-0.3, -0.25) is 0 Å². The van der Waals surface area contributed by atoms with Gasteiger partial charge in [0.2, 0.25) is 0 Å². The highest BCUT2D eigenvalue weighted by molar-refractivity contribution is 7.99. The van der Waals surface area contributed by atoms with Gasteiger partial charge >= 0.3 is 12.1 Å². The minimum Gasteiger partial charge on any atom is -0.482 e. The Kier molecular flexibility index (Phi) is 7.45. The molecule has 1 aliphatic heterocycles. The number of halogens is 3. The zero-order valence-electron chi connectivity index (χ0n) is 16.7. The van der Waals surface area contributed by atoms with Crippen LogP contribution in [0.4, 0.5) is 18.9 Å². The molecule has 2 N–H and O–H groups in total. The molecule has 1 heterocycles. The Hall–Kier alpha value is -2.72. The van der Waals surface area contributed by atoms with E-state index in [9.17, 15) is 18.0 Å². The number of ether oxygens (including phenoxy) is 1. The largest absolute Gasteiger partial charge is 0.482 e. The molecule has 0 spiro atoms. The highest BCUT2D eigenvalue weighted by Gasteiger charge is 2.30. The number of benzene rings is 2. The van der Waals surface area contributed by atoms with E-state index in [-0.39, 0.29) is 12.6 Å². The van der Waals surface area contributed by atoms with Gasteiger partial charge in [-0.1, -0.05) is 0 Å². The quantitative estimate of drug-likeness (QED) is 0.423. The third kappa shape index (κ3) is 6.63. The van der Waals surface area contributed by atoms with Gasteiger partial charge in [0.25, 0.3) is 0 Å². The maximum atomic E-state index is 12.7. The fraction of sp³-hybridized carbons (Fsp3) is 0.333. The first kappa shape index (κ1) is 23.0. The summed E-state index contributed by atoms with van der Waals surface area (Å²) in [5.74, 6) is 0.418. The molecule has 0 amide bonds. The van der Waals surface area contributed by atoms with Crippen molar-refractivity contribution in [1.82, 2.24) is 5.43 Å². The van der Waals surface area contributed by atoms with Gasteiger partial charge in [-0.2, -0.15) is 23.4 Å². The number of carbonyl (C=O) groups is 1. The van der Waals surface area contributed by atoms with E-state index in [2.05, 4.69) is 10.5 Å². The molecule has 0 saturated heterocycles. The number of hydrogen-bond acceptors (Lipinski definition) is 6. The number of hydrazone groups is 1. The molecule has 0 aliphatic carbocycles. The lowest BCUT2D eigenvalue weighted by atomic mass is 10.2. The standard InChI is InChI=1S/C21H22F3N3O3S/c1-14-11-18(8-9-19(14)30-13-20(28)29)31-10-2-3-16-12-25-27(26-16)17-6-4-15(5-7-17)21(22,23)24/h4-9,11-12,16,26H,2-3,10,13H2,1H3,(H,28,29). The van der Waals surface area contributed by atoms with Gasteiger partial charge in [0, 0.05) is 11.1 Å². The molecule has 2 aromatic carbocycles. The molecule has 0 radical (unpaired) electrons. The van der Waals surface area contributed by atoms with E-state index in [1.54, 1.807) is 24.0 Å². The molecule has 31 heavy (non-hydrogen) atoms. The number of hydrazine groups is 1. The first-order valence-corrected chi connectivity index (χ1v) is 10.6. The van der Waals surface area contributed by atoms with Gasteiger partial charge in [0.15, 0.2) is 6.61 Å². The third-order valence-corrected chi connectivity index (χ3v) is 5.60. The van der Waals surface area contributed by atoms with Crippen LogP contribution in [0.15, 0.2) is 52.5 Å². The monoisotopic (exact) mass is 453 g/mol. The third-order valence-electron chi connectivity index (χ3n) is 4.52. The van der Waals surface area contributed by atoms with Gasteiger partial charge in [-0.15, -0.1) is 11.8 Å². The fourth-order valence-electron chi connectivity index (χ4n) is 2.95. The van der Waals surface area contributed by atoms with E-state index < -0.39 is 17.7 Å². The Bertz CT molecular complexity index is 936. The highest BCUT2D eigenvalue weighted by atomic mass is 32.2. The summed E-state index contributed by atoms with van der Waals surface area (Å²) in [4.78, 5) is 11.7. The lowest BCUT2D eigenvalue weighted by Crippen LogP contribution is -2.36. The predicted octanol–water partition coefficient (Wildman–Crippen LogP) is 4.73. The van der Waals surface area contributed by atoms with Gasteiger partial charge < -0.3 is 9.84 Å². The lowest BCUT2D eigenvalue weighted by Gasteiger charge is -2.18. The Morgan fingerprint density at radius 3 is 2.65 bits per heavy atom. The molecule has 1 atom stereocenters. The van der Waals surface area contributed by atoms with Gasteiger partial charge in [0.05, 0.1) is 17.3 Å². The number of carboxylic acids is 1. The van der Waals surface area contributed by atoms with E-state index in [1.807, 2.05) is 19.1 Å². The molecule has 0 aromatic heterocycles. The van der Waals surface area contributed by atoms with Crippen LogP contribution in [0.2, 0.25) is 0 Å². The number of hydrogen-bond donors (Lipinski definition) is 2. The van der Waals surface area contributed by atoms with Crippen LogP contribution < -0.4 is 15.3 Å². The molecule has 0 bridgehead atoms. The number of anilines is 1. The van der Waals surface area contributed by atoms with Gasteiger partial charge in [-0.25, -0.2) is 10.2 Å². The number of carboxylic acid groups (broad SMARTS) is 1. The number of aryl methyl sites for hydroxylation is 1. The summed E-state index contributed by atoms with van der Waals surface area (Å²) in [6.45, 7) is 1.50. The van der Waals surface area contributed by atoms with Crippen LogP contribution in [0.25, 0.3) is 0 Å². The van der Waals surface area contributed by atoms with Crippen LogP contribution >= 0.6 is 11.8 Å². The highest BCUT2D eigenvalue weighted by Crippen LogP contribution is 2.31. The van der Waals surface area contributed by atoms with E-state index in [1.165, 1.54) is 17.3 Å². The maximum absolute atomic E-state index is 12.7. The first-order chi connectivity index (χ1) is 14.7. The summed E-state index contributed by atoms with van der Waals surface area (Å²) >= 11 is 1.69. The Balaban J connectivity index is 1.41. The average molecular weight is 453 g/mol. The summed E-state index contributed by atoms with van der Waals surface area (Å²) in [7, 11) is 0. The Morgan fingerprint density at radius 1 is 1.26 bits per heavy atom. The van der Waals surface area contributed by atoms with Crippen molar-refractivity contribution in [3.05, 3.63) is 53.6 Å². The van der Waals surface area contributed by atoms with Crippen LogP contribution in [0, 0.1) is 6.92 Å². The van der Waals surface area contributed by atoms with E-state index in [0.29, 0.717) is 11.4 Å². The van der Waals surface area contributed by atoms with Gasteiger partial charge in [-0.05, 0) is 73.5 Å². The zero-order valence-corrected chi connectivity index (χ0v) is 17.5. The van der Waals surface area contributed by atoms with Crippen molar-refractivity contribution in [1.29, 1.82) is 0 Å². The second-order valence-corrected chi connectivity index (χ2v) is 8.13. The summed E-state index contributed by atoms with van der Waals surface area (Å²) in [5, 5.41) is 14.4. The van der Waals surface area contributed by atoms with E-state index in [4.69, 9.17) is 9.84 Å². The predicted molar refractivity (Wildman–Crippen MR) is 114 cm³/mol. The second-order valence-electron chi connectivity index (χ2n) is 6.96. The van der Waals surface area contributed by atoms with Crippen molar-refractivity contribution in [3.63, 3.8) is 0 Å². The SMILES string of the molecule is Cc1cc(SCCCC2C=NN(c3ccc(C(F)(F)F)cc3)N2)ccc1OCC(=O)O. The maximum Gasteiger partial charge on any atom is 0.416 e. The van der Waals surface area contributed by atoms with Crippen molar-refractivity contribution < 1.29 is 27.8 Å². The van der Waals surface area contributed by atoms with Crippen molar-refractivity contribution >= 4 is 29.6 Å². The second kappa shape index (κ2) is 10.1. The molecular weight excluding hydrogens is 431 g/mol. The molecule has 2 aromatic rings. The minimum absolute atomic E-state index is 0.0106. The molecule has 1 aliphatic rings. The zero-order chi connectivity index (χ0) is 22.4. The fourth-order valence-corrected chi connectivity index (χ4v) is 3.92. The molecule has 10 heteroatoms. The van der Waals surface area contributed by atoms with Crippen LogP contribution in [-0.2, 0) is 11.0 Å². The topological polar surface area (TPSA) is 74.2 Å². The summed E-state index contributed by atoms with van der Waals surface area (Å²) in [6, 6.07) is 10.5. The number of nitrogens with one attached hydrogen (secondary N) is 1. The smallest absolute Gasteiger partial charge is 0.416 e. The van der Waals surface area contributed by atoms with E-state index >= 15 is 0 Å². The number of aliphatic carboxylic acids is 1. The molecule has 1 unspecified atom stereocenters. The Morgan fingerprint density at radius 2 is 2.00 bits per heavy atom. The van der Waals surface area contributed by atoms with Gasteiger partial charge in [0.1, 0.15) is 5.75 Å². The van der Waals surface area contributed by atoms with E-state index in [0.717, 1.165) is 41.2 Å². The summed E-state index contributed by atoms with van der Waals surface area (Å²) in [5.41, 5.74) is 3.89. The molecule has 3 rings (SSSR count). The molecular formula is C21H22F3N3O3S. The summed E-state index contributed by atoms with van der Waals surface area (Å²) in [6.07, 6.45) is -0.871. The molecule has 0 fully saturated rings. The van der Waals surface area contributed by atoms with Crippen LogP contribution in [0.3, 0.4) is 0 Å². The number of alkyl halides is 3. The van der Waals surface area contributed by atoms with Crippen LogP contribution in [-0.4, -0.2) is 35.7 Å². The van der Waals surface area contributed by atoms with Crippen LogP contribution in [0.1, 0.15) is 24.0 Å².